The van der Waals surface area contributed by atoms with Gasteiger partial charge in [0.05, 0.1) is 13.1 Å². The molecule has 11 nitrogen and oxygen atoms in total. The summed E-state index contributed by atoms with van der Waals surface area (Å²) in [5, 5.41) is 12.3. The lowest BCUT2D eigenvalue weighted by Gasteiger charge is -2.19. The van der Waals surface area contributed by atoms with Crippen molar-refractivity contribution < 1.29 is 28.7 Å². The summed E-state index contributed by atoms with van der Waals surface area (Å²) in [6.07, 6.45) is -0.573. The van der Waals surface area contributed by atoms with Crippen LogP contribution in [0.4, 0.5) is 4.79 Å². The number of carbonyl (C=O) groups excluding carboxylic acids is 5. The molecule has 4 rings (SSSR count). The van der Waals surface area contributed by atoms with Crippen LogP contribution in [0.25, 0.3) is 11.1 Å². The van der Waals surface area contributed by atoms with E-state index in [9.17, 15) is 24.0 Å². The zero-order valence-corrected chi connectivity index (χ0v) is 23.1. The largest absolute Gasteiger partial charge is 0.449 e. The molecule has 0 radical (unpaired) electrons. The van der Waals surface area contributed by atoms with Gasteiger partial charge in [-0.3, -0.25) is 19.2 Å². The summed E-state index contributed by atoms with van der Waals surface area (Å²) in [6, 6.07) is 24.0. The summed E-state index contributed by atoms with van der Waals surface area (Å²) in [7, 11) is 1.45. The van der Waals surface area contributed by atoms with Crippen molar-refractivity contribution in [3.8, 4) is 11.1 Å². The fraction of sp³-hybridized carbons (Fsp3) is 0.258. The second-order valence-corrected chi connectivity index (χ2v) is 9.66. The van der Waals surface area contributed by atoms with E-state index in [-0.39, 0.29) is 31.4 Å². The van der Waals surface area contributed by atoms with E-state index in [1.54, 1.807) is 12.1 Å². The number of ether oxygens (including phenoxy) is 1. The third kappa shape index (κ3) is 7.94. The van der Waals surface area contributed by atoms with Crippen molar-refractivity contribution in [3.63, 3.8) is 0 Å². The first kappa shape index (κ1) is 29.8. The van der Waals surface area contributed by atoms with Gasteiger partial charge in [-0.1, -0.05) is 78.9 Å². The number of benzene rings is 3. The maximum absolute atomic E-state index is 12.7. The van der Waals surface area contributed by atoms with Gasteiger partial charge in [-0.05, 0) is 27.8 Å². The molecule has 1 aliphatic rings. The molecule has 0 spiro atoms. The number of amides is 5. The number of hydrogen-bond acceptors (Lipinski definition) is 6. The zero-order chi connectivity index (χ0) is 29.9. The number of rotatable bonds is 12. The second kappa shape index (κ2) is 14.4. The van der Waals surface area contributed by atoms with Crippen LogP contribution in [-0.4, -0.2) is 69.1 Å². The van der Waals surface area contributed by atoms with Gasteiger partial charge in [0.1, 0.15) is 19.2 Å². The van der Waals surface area contributed by atoms with Crippen molar-refractivity contribution in [2.24, 2.45) is 0 Å². The van der Waals surface area contributed by atoms with Crippen LogP contribution in [-0.2, 0) is 30.3 Å². The van der Waals surface area contributed by atoms with Gasteiger partial charge < -0.3 is 31.3 Å². The first-order valence-corrected chi connectivity index (χ1v) is 13.5. The number of nitrogens with one attached hydrogen (secondary N) is 5. The quantitative estimate of drug-likeness (QED) is 0.220. The maximum Gasteiger partial charge on any atom is 0.407 e. The molecule has 3 aromatic rings. The minimum absolute atomic E-state index is 0.106. The van der Waals surface area contributed by atoms with E-state index < -0.39 is 42.9 Å². The van der Waals surface area contributed by atoms with Gasteiger partial charge in [0.15, 0.2) is 0 Å². The highest BCUT2D eigenvalue weighted by Gasteiger charge is 2.29. The predicted molar refractivity (Wildman–Crippen MR) is 155 cm³/mol. The van der Waals surface area contributed by atoms with Gasteiger partial charge in [0.2, 0.25) is 23.6 Å². The Kier molecular flexibility index (Phi) is 10.2. The minimum atomic E-state index is -0.972. The lowest BCUT2D eigenvalue weighted by atomic mass is 9.98. The molecule has 3 aromatic carbocycles. The van der Waals surface area contributed by atoms with Crippen molar-refractivity contribution in [1.29, 1.82) is 0 Å². The van der Waals surface area contributed by atoms with Crippen LogP contribution in [0.15, 0.2) is 78.9 Å². The fourth-order valence-electron chi connectivity index (χ4n) is 4.73. The molecule has 1 atom stereocenters. The van der Waals surface area contributed by atoms with Gasteiger partial charge in [0.25, 0.3) is 0 Å². The first-order chi connectivity index (χ1) is 20.4. The Balaban J connectivity index is 1.22. The lowest BCUT2D eigenvalue weighted by molar-refractivity contribution is -0.130. The monoisotopic (exact) mass is 571 g/mol. The van der Waals surface area contributed by atoms with Crippen LogP contribution in [0.5, 0.6) is 0 Å². The van der Waals surface area contributed by atoms with Crippen LogP contribution < -0.4 is 26.6 Å². The Morgan fingerprint density at radius 2 is 1.26 bits per heavy atom. The number of fused-ring (bicyclic) bond motifs is 3. The molecule has 5 N–H and O–H groups in total. The van der Waals surface area contributed by atoms with Crippen molar-refractivity contribution in [2.45, 2.75) is 18.4 Å². The molecule has 0 saturated heterocycles. The van der Waals surface area contributed by atoms with E-state index in [1.165, 1.54) is 7.05 Å². The van der Waals surface area contributed by atoms with E-state index in [1.807, 2.05) is 66.7 Å². The van der Waals surface area contributed by atoms with Gasteiger partial charge >= 0.3 is 6.09 Å². The third-order valence-corrected chi connectivity index (χ3v) is 6.82. The molecule has 0 aromatic heterocycles. The Labute approximate surface area is 243 Å². The summed E-state index contributed by atoms with van der Waals surface area (Å²) in [5.41, 5.74) is 5.16. The van der Waals surface area contributed by atoms with Gasteiger partial charge in [-0.2, -0.15) is 0 Å². The predicted octanol–water partition coefficient (Wildman–Crippen LogP) is 1.23. The molecule has 0 unspecified atom stereocenters. The highest BCUT2D eigenvalue weighted by atomic mass is 16.5. The topological polar surface area (TPSA) is 155 Å². The van der Waals surface area contributed by atoms with Gasteiger partial charge in [0, 0.05) is 19.4 Å². The van der Waals surface area contributed by atoms with Crippen LogP contribution in [0, 0.1) is 0 Å². The molecule has 0 bridgehead atoms. The fourth-order valence-corrected chi connectivity index (χ4v) is 4.73. The summed E-state index contributed by atoms with van der Waals surface area (Å²) in [4.78, 5) is 61.3. The van der Waals surface area contributed by atoms with E-state index >= 15 is 0 Å². The standard InChI is InChI=1S/C31H33N5O6/c1-32-27(37)16-34-30(40)26(15-20-9-3-2-4-10-20)36-29(39)18-33-28(38)17-35-31(41)42-19-25-23-13-7-5-11-21(23)22-12-6-8-14-24(22)25/h2-14,25-26H,15-19H2,1H3,(H,32,37)(H,33,38)(H,34,40)(H,35,41)(H,36,39)/t26-/m0/s1. The van der Waals surface area contributed by atoms with Crippen molar-refractivity contribution in [2.75, 3.05) is 33.3 Å². The number of hydrogen-bond donors (Lipinski definition) is 5. The Morgan fingerprint density at radius 1 is 0.690 bits per heavy atom. The van der Waals surface area contributed by atoms with Crippen molar-refractivity contribution >= 4 is 29.7 Å². The van der Waals surface area contributed by atoms with Crippen molar-refractivity contribution in [3.05, 3.63) is 95.6 Å². The molecule has 0 fully saturated rings. The number of carbonyl (C=O) groups is 5. The van der Waals surface area contributed by atoms with Gasteiger partial charge in [-0.15, -0.1) is 0 Å². The molecular weight excluding hydrogens is 538 g/mol. The normalized spacial score (nSPS) is 12.2. The van der Waals surface area contributed by atoms with Crippen LogP contribution in [0.1, 0.15) is 22.6 Å². The Morgan fingerprint density at radius 3 is 1.90 bits per heavy atom. The number of likely N-dealkylation sites (N-methyl/N-ethyl adjacent to an activating group) is 1. The second-order valence-electron chi connectivity index (χ2n) is 9.66. The summed E-state index contributed by atoms with van der Waals surface area (Å²) in [5.74, 6) is -2.26. The SMILES string of the molecule is CNC(=O)CNC(=O)[C@H](Cc1ccccc1)NC(=O)CNC(=O)CNC(=O)OCC1c2ccccc2-c2ccccc21. The summed E-state index contributed by atoms with van der Waals surface area (Å²) < 4.78 is 5.42. The van der Waals surface area contributed by atoms with E-state index in [0.29, 0.717) is 0 Å². The third-order valence-electron chi connectivity index (χ3n) is 6.82. The van der Waals surface area contributed by atoms with Crippen LogP contribution >= 0.6 is 0 Å². The van der Waals surface area contributed by atoms with Crippen LogP contribution in [0.3, 0.4) is 0 Å². The van der Waals surface area contributed by atoms with Gasteiger partial charge in [-0.25, -0.2) is 4.79 Å². The summed E-state index contributed by atoms with van der Waals surface area (Å²) in [6.45, 7) is -0.952. The lowest BCUT2D eigenvalue weighted by Crippen LogP contribution is -2.52. The smallest absolute Gasteiger partial charge is 0.407 e. The van der Waals surface area contributed by atoms with E-state index in [4.69, 9.17) is 4.74 Å². The Bertz CT molecular complexity index is 1400. The van der Waals surface area contributed by atoms with E-state index in [2.05, 4.69) is 26.6 Å². The first-order valence-electron chi connectivity index (χ1n) is 13.5. The zero-order valence-electron chi connectivity index (χ0n) is 23.1. The summed E-state index contributed by atoms with van der Waals surface area (Å²) >= 11 is 0. The van der Waals surface area contributed by atoms with E-state index in [0.717, 1.165) is 27.8 Å². The molecule has 11 heteroatoms. The molecule has 0 aliphatic heterocycles. The molecular formula is C31H33N5O6. The molecule has 42 heavy (non-hydrogen) atoms. The highest BCUT2D eigenvalue weighted by molar-refractivity contribution is 5.92. The minimum Gasteiger partial charge on any atom is -0.449 e. The molecule has 218 valence electrons. The molecule has 0 heterocycles. The molecule has 5 amide bonds. The highest BCUT2D eigenvalue weighted by Crippen LogP contribution is 2.44. The molecule has 0 saturated carbocycles. The number of alkyl carbamates (subject to hydrolysis) is 1. The Hall–Kier alpha value is -5.19. The average molecular weight is 572 g/mol. The average Bonchev–Trinajstić information content (AvgIpc) is 3.34. The maximum atomic E-state index is 12.7. The molecule has 1 aliphatic carbocycles. The van der Waals surface area contributed by atoms with Crippen molar-refractivity contribution in [1.82, 2.24) is 26.6 Å². The van der Waals surface area contributed by atoms with Crippen LogP contribution in [0.2, 0.25) is 0 Å².